The van der Waals surface area contributed by atoms with E-state index in [1.165, 1.54) is 11.1 Å². The Morgan fingerprint density at radius 1 is 1.29 bits per heavy atom. The number of fused-ring (bicyclic) bond motifs is 1. The van der Waals surface area contributed by atoms with Gasteiger partial charge in [-0.25, -0.2) is 0 Å². The van der Waals surface area contributed by atoms with Gasteiger partial charge in [0.1, 0.15) is 0 Å². The van der Waals surface area contributed by atoms with E-state index in [-0.39, 0.29) is 12.3 Å². The lowest BCUT2D eigenvalue weighted by molar-refractivity contribution is -0.138. The molecule has 0 fully saturated rings. The number of carbonyl (C=O) groups is 2. The number of carboxylic acid groups (broad SMARTS) is 1. The number of benzene rings is 1. The summed E-state index contributed by atoms with van der Waals surface area (Å²) >= 11 is 0. The fraction of sp³-hybridized carbons (Fsp3) is 0.500. The van der Waals surface area contributed by atoms with E-state index in [4.69, 9.17) is 5.11 Å². The second-order valence-corrected chi connectivity index (χ2v) is 5.35. The van der Waals surface area contributed by atoms with Crippen LogP contribution in [0.1, 0.15) is 24.5 Å². The number of hydrogen-bond donors (Lipinski definition) is 1. The first-order chi connectivity index (χ1) is 10.1. The van der Waals surface area contributed by atoms with Crippen molar-refractivity contribution in [3.8, 4) is 0 Å². The molecule has 0 saturated heterocycles. The lowest BCUT2D eigenvalue weighted by atomic mass is 10.00. The molecule has 0 spiro atoms. The minimum absolute atomic E-state index is 0.0734. The number of carboxylic acids is 1. The summed E-state index contributed by atoms with van der Waals surface area (Å²) in [4.78, 5) is 26.7. The molecule has 5 heteroatoms. The maximum atomic E-state index is 12.4. The van der Waals surface area contributed by atoms with E-state index in [2.05, 4.69) is 12.1 Å². The maximum Gasteiger partial charge on any atom is 0.304 e. The lowest BCUT2D eigenvalue weighted by Gasteiger charge is -2.31. The Kier molecular flexibility index (Phi) is 5.33. The van der Waals surface area contributed by atoms with Gasteiger partial charge in [0.05, 0.1) is 13.0 Å². The fourth-order valence-corrected chi connectivity index (χ4v) is 2.60. The van der Waals surface area contributed by atoms with Crippen LogP contribution in [0.3, 0.4) is 0 Å². The van der Waals surface area contributed by atoms with Crippen LogP contribution in [0.5, 0.6) is 0 Å². The van der Waals surface area contributed by atoms with Crippen LogP contribution < -0.4 is 0 Å². The minimum atomic E-state index is -0.826. The van der Waals surface area contributed by atoms with Gasteiger partial charge in [-0.1, -0.05) is 31.2 Å². The van der Waals surface area contributed by atoms with Gasteiger partial charge in [-0.3, -0.25) is 14.5 Å². The highest BCUT2D eigenvalue weighted by molar-refractivity contribution is 5.78. The normalized spacial score (nSPS) is 14.1. The maximum absolute atomic E-state index is 12.4. The Balaban J connectivity index is 1.90. The molecule has 2 rings (SSSR count). The van der Waals surface area contributed by atoms with Crippen LogP contribution >= 0.6 is 0 Å². The van der Waals surface area contributed by atoms with Crippen molar-refractivity contribution in [3.63, 3.8) is 0 Å². The summed E-state index contributed by atoms with van der Waals surface area (Å²) in [5, 5.41) is 8.73. The monoisotopic (exact) mass is 290 g/mol. The zero-order valence-electron chi connectivity index (χ0n) is 12.4. The summed E-state index contributed by atoms with van der Waals surface area (Å²) in [6.45, 7) is 4.75. The molecule has 1 aromatic rings. The standard InChI is InChI=1S/C16H22N2O3/c1-2-17(9-8-16(20)21)12-15(19)18-10-7-13-5-3-4-6-14(13)11-18/h3-6H,2,7-12H2,1H3,(H,20,21). The molecule has 0 unspecified atom stereocenters. The Morgan fingerprint density at radius 3 is 2.67 bits per heavy atom. The number of aliphatic carboxylic acids is 1. The van der Waals surface area contributed by atoms with Gasteiger partial charge in [0, 0.05) is 19.6 Å². The van der Waals surface area contributed by atoms with Crippen LogP contribution in [-0.2, 0) is 22.6 Å². The average Bonchev–Trinajstić information content (AvgIpc) is 2.50. The highest BCUT2D eigenvalue weighted by Crippen LogP contribution is 2.18. The van der Waals surface area contributed by atoms with Crippen molar-refractivity contribution in [2.75, 3.05) is 26.2 Å². The van der Waals surface area contributed by atoms with Crippen molar-refractivity contribution >= 4 is 11.9 Å². The number of nitrogens with zero attached hydrogens (tertiary/aromatic N) is 2. The molecule has 5 nitrogen and oxygen atoms in total. The first-order valence-corrected chi connectivity index (χ1v) is 7.39. The fourth-order valence-electron chi connectivity index (χ4n) is 2.60. The molecule has 0 aliphatic carbocycles. The SMILES string of the molecule is CCN(CCC(=O)O)CC(=O)N1CCc2ccccc2C1. The molecule has 0 radical (unpaired) electrons. The Morgan fingerprint density at radius 2 is 2.00 bits per heavy atom. The van der Waals surface area contributed by atoms with Gasteiger partial charge < -0.3 is 10.0 Å². The number of amides is 1. The zero-order chi connectivity index (χ0) is 15.2. The van der Waals surface area contributed by atoms with Crippen molar-refractivity contribution in [1.29, 1.82) is 0 Å². The van der Waals surface area contributed by atoms with Crippen LogP contribution in [0.25, 0.3) is 0 Å². The van der Waals surface area contributed by atoms with Crippen molar-refractivity contribution in [2.45, 2.75) is 26.3 Å². The largest absolute Gasteiger partial charge is 0.481 e. The van der Waals surface area contributed by atoms with Gasteiger partial charge in [-0.2, -0.15) is 0 Å². The summed E-state index contributed by atoms with van der Waals surface area (Å²) in [6, 6.07) is 8.21. The van der Waals surface area contributed by atoms with Crippen molar-refractivity contribution < 1.29 is 14.7 Å². The van der Waals surface area contributed by atoms with E-state index in [9.17, 15) is 9.59 Å². The molecule has 1 aliphatic heterocycles. The van der Waals surface area contributed by atoms with Crippen LogP contribution in [0.15, 0.2) is 24.3 Å². The van der Waals surface area contributed by atoms with Gasteiger partial charge in [-0.15, -0.1) is 0 Å². The molecule has 1 aromatic carbocycles. The van der Waals surface area contributed by atoms with Crippen LogP contribution in [-0.4, -0.2) is 53.0 Å². The summed E-state index contributed by atoms with van der Waals surface area (Å²) < 4.78 is 0. The third-order valence-electron chi connectivity index (χ3n) is 3.93. The molecule has 0 bridgehead atoms. The predicted octanol–water partition coefficient (Wildman–Crippen LogP) is 1.37. The second kappa shape index (κ2) is 7.22. The predicted molar refractivity (Wildman–Crippen MR) is 79.9 cm³/mol. The van der Waals surface area contributed by atoms with Gasteiger partial charge >= 0.3 is 5.97 Å². The molecular formula is C16H22N2O3. The van der Waals surface area contributed by atoms with Gasteiger partial charge in [0.15, 0.2) is 0 Å². The zero-order valence-corrected chi connectivity index (χ0v) is 12.4. The topological polar surface area (TPSA) is 60.9 Å². The summed E-state index contributed by atoms with van der Waals surface area (Å²) in [5.41, 5.74) is 2.53. The number of rotatable bonds is 6. The van der Waals surface area contributed by atoms with Crippen molar-refractivity contribution in [3.05, 3.63) is 35.4 Å². The number of likely N-dealkylation sites (N-methyl/N-ethyl adjacent to an activating group) is 1. The average molecular weight is 290 g/mol. The van der Waals surface area contributed by atoms with Crippen LogP contribution in [0, 0.1) is 0 Å². The van der Waals surface area contributed by atoms with Crippen molar-refractivity contribution in [1.82, 2.24) is 9.80 Å². The Bertz CT molecular complexity index is 516. The molecule has 1 N–H and O–H groups in total. The molecule has 0 atom stereocenters. The van der Waals surface area contributed by atoms with E-state index in [1.807, 2.05) is 28.9 Å². The lowest BCUT2D eigenvalue weighted by Crippen LogP contribution is -2.43. The molecule has 114 valence electrons. The van der Waals surface area contributed by atoms with Crippen molar-refractivity contribution in [2.24, 2.45) is 0 Å². The van der Waals surface area contributed by atoms with E-state index < -0.39 is 5.97 Å². The summed E-state index contributed by atoms with van der Waals surface area (Å²) in [5.74, 6) is -0.746. The molecule has 1 aliphatic rings. The summed E-state index contributed by atoms with van der Waals surface area (Å²) in [7, 11) is 0. The Labute approximate surface area is 125 Å². The van der Waals surface area contributed by atoms with Gasteiger partial charge in [0.2, 0.25) is 5.91 Å². The van der Waals surface area contributed by atoms with Gasteiger partial charge in [-0.05, 0) is 24.1 Å². The van der Waals surface area contributed by atoms with Crippen LogP contribution in [0.2, 0.25) is 0 Å². The third-order valence-corrected chi connectivity index (χ3v) is 3.93. The number of hydrogen-bond acceptors (Lipinski definition) is 3. The molecular weight excluding hydrogens is 268 g/mol. The number of carbonyl (C=O) groups excluding carboxylic acids is 1. The molecule has 1 amide bonds. The molecule has 0 aromatic heterocycles. The molecule has 1 heterocycles. The summed E-state index contributed by atoms with van der Waals surface area (Å²) in [6.07, 6.45) is 0.965. The first-order valence-electron chi connectivity index (χ1n) is 7.39. The molecule has 21 heavy (non-hydrogen) atoms. The minimum Gasteiger partial charge on any atom is -0.481 e. The molecule has 0 saturated carbocycles. The van der Waals surface area contributed by atoms with Crippen LogP contribution in [0.4, 0.5) is 0 Å². The third kappa shape index (κ3) is 4.29. The van der Waals surface area contributed by atoms with E-state index >= 15 is 0 Å². The highest BCUT2D eigenvalue weighted by atomic mass is 16.4. The van der Waals surface area contributed by atoms with E-state index in [0.29, 0.717) is 26.2 Å². The first kappa shape index (κ1) is 15.5. The van der Waals surface area contributed by atoms with E-state index in [0.717, 1.165) is 13.0 Å². The Hall–Kier alpha value is -1.88. The highest BCUT2D eigenvalue weighted by Gasteiger charge is 2.21. The van der Waals surface area contributed by atoms with E-state index in [1.54, 1.807) is 0 Å². The quantitative estimate of drug-likeness (QED) is 0.859. The van der Waals surface area contributed by atoms with Gasteiger partial charge in [0.25, 0.3) is 0 Å². The smallest absolute Gasteiger partial charge is 0.304 e. The second-order valence-electron chi connectivity index (χ2n) is 5.35.